The van der Waals surface area contributed by atoms with Crippen LogP contribution >= 0.6 is 0 Å². The number of rotatable bonds is 16. The molecule has 0 bridgehead atoms. The van der Waals surface area contributed by atoms with Gasteiger partial charge in [-0.3, -0.25) is 20.1 Å². The first-order valence-corrected chi connectivity index (χ1v) is 14.1. The molecule has 0 aliphatic rings. The van der Waals surface area contributed by atoms with Crippen molar-refractivity contribution in [2.75, 3.05) is 19.8 Å². The Labute approximate surface area is 243 Å². The van der Waals surface area contributed by atoms with Crippen molar-refractivity contribution < 1.29 is 19.1 Å². The number of nitrogens with one attached hydrogen (secondary N) is 1. The van der Waals surface area contributed by atoms with Crippen LogP contribution in [0.5, 0.6) is 5.75 Å². The summed E-state index contributed by atoms with van der Waals surface area (Å²) in [4.78, 5) is 22.5. The number of aryl methyl sites for hydroxylation is 1. The summed E-state index contributed by atoms with van der Waals surface area (Å²) in [6.07, 6.45) is 5.10. The van der Waals surface area contributed by atoms with E-state index in [2.05, 4.69) is 29.2 Å². The third kappa shape index (κ3) is 9.62. The first-order valence-electron chi connectivity index (χ1n) is 14.1. The van der Waals surface area contributed by atoms with E-state index < -0.39 is 0 Å². The minimum Gasteiger partial charge on any atom is -0.491 e. The number of aromatic nitrogens is 1. The molecule has 0 saturated heterocycles. The molecule has 1 heterocycles. The van der Waals surface area contributed by atoms with Crippen LogP contribution in [0.4, 0.5) is 0 Å². The van der Waals surface area contributed by atoms with Gasteiger partial charge < -0.3 is 9.47 Å². The highest BCUT2D eigenvalue weighted by Gasteiger charge is 2.20. The molecule has 4 rings (SSSR count). The minimum absolute atomic E-state index is 0.128. The monoisotopic (exact) mass is 550 g/mol. The van der Waals surface area contributed by atoms with E-state index in [9.17, 15) is 4.79 Å². The summed E-state index contributed by atoms with van der Waals surface area (Å²) < 4.78 is 11.2. The summed E-state index contributed by atoms with van der Waals surface area (Å²) in [7, 11) is 0. The Balaban J connectivity index is 1.17. The van der Waals surface area contributed by atoms with Gasteiger partial charge in [0.05, 0.1) is 23.9 Å². The zero-order valence-corrected chi connectivity index (χ0v) is 23.6. The largest absolute Gasteiger partial charge is 0.491 e. The number of hydrogen-bond donors (Lipinski definition) is 1. The molecule has 0 spiro atoms. The van der Waals surface area contributed by atoms with E-state index in [4.69, 9.17) is 14.3 Å². The molecule has 0 fully saturated rings. The maximum Gasteiger partial charge on any atom is 0.309 e. The number of carbonyl (C=O) groups excluding carboxylic acids is 1. The molecule has 3 aromatic carbocycles. The molecule has 1 N–H and O–H groups in total. The topological polar surface area (TPSA) is 69.7 Å². The Morgan fingerprint density at radius 1 is 0.878 bits per heavy atom. The van der Waals surface area contributed by atoms with E-state index in [0.29, 0.717) is 31.9 Å². The van der Waals surface area contributed by atoms with Crippen molar-refractivity contribution in [3.63, 3.8) is 0 Å². The van der Waals surface area contributed by atoms with Crippen molar-refractivity contribution >= 4 is 11.7 Å². The SMILES string of the molecule is C=C(NOCCOc1ccc(CC(CCCc2ccccc2)C(=O)OCC)cc1)c1ccc(-c2ccccn2)cc1. The summed E-state index contributed by atoms with van der Waals surface area (Å²) >= 11 is 0. The number of hydrogen-bond acceptors (Lipinski definition) is 6. The van der Waals surface area contributed by atoms with Crippen molar-refractivity contribution in [3.8, 4) is 17.0 Å². The Morgan fingerprint density at radius 3 is 2.34 bits per heavy atom. The fraction of sp³-hybridized carbons (Fsp3) is 0.257. The second kappa shape index (κ2) is 16.0. The lowest BCUT2D eigenvalue weighted by Crippen LogP contribution is -2.20. The van der Waals surface area contributed by atoms with Gasteiger partial charge in [0, 0.05) is 11.8 Å². The summed E-state index contributed by atoms with van der Waals surface area (Å²) in [5.41, 5.74) is 8.83. The van der Waals surface area contributed by atoms with Crippen LogP contribution in [0.3, 0.4) is 0 Å². The number of ether oxygens (including phenoxy) is 2. The lowest BCUT2D eigenvalue weighted by Gasteiger charge is -2.16. The normalized spacial score (nSPS) is 11.4. The lowest BCUT2D eigenvalue weighted by molar-refractivity contribution is -0.148. The van der Waals surface area contributed by atoms with Gasteiger partial charge in [0.2, 0.25) is 0 Å². The van der Waals surface area contributed by atoms with Gasteiger partial charge in [-0.25, -0.2) is 0 Å². The quantitative estimate of drug-likeness (QED) is 0.0915. The fourth-order valence-corrected chi connectivity index (χ4v) is 4.54. The van der Waals surface area contributed by atoms with E-state index in [-0.39, 0.29) is 11.9 Å². The zero-order valence-electron chi connectivity index (χ0n) is 23.6. The molecule has 212 valence electrons. The van der Waals surface area contributed by atoms with Gasteiger partial charge in [-0.1, -0.05) is 79.4 Å². The van der Waals surface area contributed by atoms with Crippen molar-refractivity contribution in [1.82, 2.24) is 10.5 Å². The number of benzene rings is 3. The van der Waals surface area contributed by atoms with E-state index in [1.165, 1.54) is 5.56 Å². The maximum absolute atomic E-state index is 12.6. The molecule has 0 saturated carbocycles. The highest BCUT2D eigenvalue weighted by Crippen LogP contribution is 2.21. The highest BCUT2D eigenvalue weighted by molar-refractivity contribution is 5.72. The van der Waals surface area contributed by atoms with Gasteiger partial charge in [-0.2, -0.15) is 0 Å². The van der Waals surface area contributed by atoms with Crippen molar-refractivity contribution in [1.29, 1.82) is 0 Å². The molecular weight excluding hydrogens is 512 g/mol. The highest BCUT2D eigenvalue weighted by atomic mass is 16.7. The molecule has 6 heteroatoms. The van der Waals surface area contributed by atoms with Crippen molar-refractivity contribution in [3.05, 3.63) is 127 Å². The van der Waals surface area contributed by atoms with Gasteiger partial charge in [-0.15, -0.1) is 0 Å². The summed E-state index contributed by atoms with van der Waals surface area (Å²) in [5, 5.41) is 0. The maximum atomic E-state index is 12.6. The summed E-state index contributed by atoms with van der Waals surface area (Å²) in [6, 6.07) is 32.1. The average molecular weight is 551 g/mol. The standard InChI is InChI=1S/C35H38N2O4/c1-3-39-35(38)32(13-9-12-28-10-5-4-6-11-28)26-29-15-21-33(22-16-29)40-24-25-41-37-27(2)30-17-19-31(20-18-30)34-14-7-8-23-36-34/h4-8,10-11,14-23,32,37H,2-3,9,12-13,24-26H2,1H3. The zero-order chi connectivity index (χ0) is 28.7. The summed E-state index contributed by atoms with van der Waals surface area (Å²) in [6.45, 7) is 7.01. The van der Waals surface area contributed by atoms with E-state index in [1.807, 2.05) is 91.9 Å². The molecule has 6 nitrogen and oxygen atoms in total. The van der Waals surface area contributed by atoms with Crippen LogP contribution in [0.15, 0.2) is 110 Å². The van der Waals surface area contributed by atoms with Crippen LogP contribution < -0.4 is 10.2 Å². The Hall–Kier alpha value is -4.42. The molecule has 0 aliphatic carbocycles. The van der Waals surface area contributed by atoms with Crippen LogP contribution in [-0.2, 0) is 27.2 Å². The van der Waals surface area contributed by atoms with E-state index in [1.54, 1.807) is 6.20 Å². The second-order valence-corrected chi connectivity index (χ2v) is 9.74. The van der Waals surface area contributed by atoms with Crippen LogP contribution in [0.25, 0.3) is 17.0 Å². The number of esters is 1. The third-order valence-corrected chi connectivity index (χ3v) is 6.73. The second-order valence-electron chi connectivity index (χ2n) is 9.74. The summed E-state index contributed by atoms with van der Waals surface area (Å²) in [5.74, 6) is 0.457. The van der Waals surface area contributed by atoms with Gasteiger partial charge in [-0.05, 0) is 73.6 Å². The van der Waals surface area contributed by atoms with Crippen molar-refractivity contribution in [2.45, 2.75) is 32.6 Å². The number of carbonyl (C=O) groups is 1. The van der Waals surface area contributed by atoms with Gasteiger partial charge in [0.15, 0.2) is 0 Å². The predicted molar refractivity (Wildman–Crippen MR) is 163 cm³/mol. The molecule has 41 heavy (non-hydrogen) atoms. The van der Waals surface area contributed by atoms with Gasteiger partial charge in [0.25, 0.3) is 0 Å². The third-order valence-electron chi connectivity index (χ3n) is 6.73. The van der Waals surface area contributed by atoms with Gasteiger partial charge in [0.1, 0.15) is 19.0 Å². The molecule has 0 radical (unpaired) electrons. The van der Waals surface area contributed by atoms with E-state index >= 15 is 0 Å². The predicted octanol–water partition coefficient (Wildman–Crippen LogP) is 7.06. The van der Waals surface area contributed by atoms with Gasteiger partial charge >= 0.3 is 5.97 Å². The molecule has 1 atom stereocenters. The molecule has 1 aromatic heterocycles. The van der Waals surface area contributed by atoms with E-state index in [0.717, 1.165) is 47.4 Å². The smallest absolute Gasteiger partial charge is 0.309 e. The van der Waals surface area contributed by atoms with Crippen LogP contribution in [-0.4, -0.2) is 30.8 Å². The number of hydroxylamine groups is 1. The minimum atomic E-state index is -0.163. The molecule has 1 unspecified atom stereocenters. The lowest BCUT2D eigenvalue weighted by atomic mass is 9.93. The first kappa shape index (κ1) is 29.6. The molecular formula is C35H38N2O4. The number of nitrogens with zero attached hydrogens (tertiary/aromatic N) is 1. The van der Waals surface area contributed by atoms with Crippen molar-refractivity contribution in [2.24, 2.45) is 5.92 Å². The Bertz CT molecular complexity index is 1340. The fourth-order valence-electron chi connectivity index (χ4n) is 4.54. The number of pyridine rings is 1. The molecule has 0 amide bonds. The Morgan fingerprint density at radius 2 is 1.63 bits per heavy atom. The first-order chi connectivity index (χ1) is 20.1. The van der Waals surface area contributed by atoms with Crippen LogP contribution in [0.1, 0.15) is 36.5 Å². The Kier molecular flexibility index (Phi) is 11.5. The molecule has 4 aromatic rings. The average Bonchev–Trinajstić information content (AvgIpc) is 3.02. The molecule has 0 aliphatic heterocycles. The van der Waals surface area contributed by atoms with Crippen LogP contribution in [0, 0.1) is 5.92 Å². The van der Waals surface area contributed by atoms with Crippen LogP contribution in [0.2, 0.25) is 0 Å².